The summed E-state index contributed by atoms with van der Waals surface area (Å²) in [6, 6.07) is 9.87. The van der Waals surface area contributed by atoms with E-state index < -0.39 is 0 Å². The highest BCUT2D eigenvalue weighted by Gasteiger charge is 2.38. The topological polar surface area (TPSA) is 41.6 Å². The zero-order valence-corrected chi connectivity index (χ0v) is 13.7. The Balaban J connectivity index is 0.00000176. The second-order valence-corrected chi connectivity index (χ2v) is 6.32. The maximum atomic E-state index is 12.3. The molecule has 2 aliphatic heterocycles. The van der Waals surface area contributed by atoms with Gasteiger partial charge in [0.1, 0.15) is 6.61 Å². The highest BCUT2D eigenvalue weighted by molar-refractivity contribution is 5.85. The summed E-state index contributed by atoms with van der Waals surface area (Å²) in [4.78, 5) is 14.2. The van der Waals surface area contributed by atoms with E-state index in [1.807, 2.05) is 35.2 Å². The number of amides is 1. The first kappa shape index (κ1) is 17.1. The van der Waals surface area contributed by atoms with Gasteiger partial charge in [-0.2, -0.15) is 0 Å². The van der Waals surface area contributed by atoms with Crippen LogP contribution in [0.4, 0.5) is 4.79 Å². The first-order chi connectivity index (χ1) is 10.3. The second-order valence-electron chi connectivity index (χ2n) is 6.32. The summed E-state index contributed by atoms with van der Waals surface area (Å²) in [7, 11) is 0. The van der Waals surface area contributed by atoms with Crippen molar-refractivity contribution in [1.82, 2.24) is 10.2 Å². The molecule has 22 heavy (non-hydrogen) atoms. The molecule has 0 unspecified atom stereocenters. The van der Waals surface area contributed by atoms with E-state index in [0.29, 0.717) is 12.0 Å². The van der Waals surface area contributed by atoms with Crippen molar-refractivity contribution in [2.75, 3.05) is 26.2 Å². The molecule has 0 aliphatic carbocycles. The molecule has 1 spiro atoms. The van der Waals surface area contributed by atoms with Crippen molar-refractivity contribution in [3.8, 4) is 0 Å². The molecular weight excluding hydrogens is 300 g/mol. The van der Waals surface area contributed by atoms with Gasteiger partial charge in [-0.05, 0) is 49.8 Å². The number of hydrogen-bond donors (Lipinski definition) is 1. The number of halogens is 1. The Hall–Kier alpha value is -1.26. The molecule has 1 aromatic rings. The molecule has 1 aromatic carbocycles. The van der Waals surface area contributed by atoms with E-state index in [-0.39, 0.29) is 18.5 Å². The normalized spacial score (nSPS) is 20.3. The highest BCUT2D eigenvalue weighted by atomic mass is 35.5. The minimum atomic E-state index is -0.156. The zero-order valence-electron chi connectivity index (χ0n) is 12.9. The van der Waals surface area contributed by atoms with Crippen LogP contribution in [-0.4, -0.2) is 37.2 Å². The Morgan fingerprint density at radius 2 is 1.91 bits per heavy atom. The summed E-state index contributed by atoms with van der Waals surface area (Å²) in [5.41, 5.74) is 1.37. The van der Waals surface area contributed by atoms with Gasteiger partial charge < -0.3 is 15.0 Å². The molecule has 122 valence electrons. The first-order valence-electron chi connectivity index (χ1n) is 7.94. The zero-order chi connectivity index (χ0) is 14.5. The number of likely N-dealkylation sites (tertiary alicyclic amines) is 1. The number of rotatable bonds is 2. The molecular formula is C17H25ClN2O2. The van der Waals surface area contributed by atoms with E-state index in [4.69, 9.17) is 4.74 Å². The third-order valence-electron chi connectivity index (χ3n) is 4.79. The molecule has 4 nitrogen and oxygen atoms in total. The summed E-state index contributed by atoms with van der Waals surface area (Å²) in [6.45, 7) is 4.22. The van der Waals surface area contributed by atoms with Crippen molar-refractivity contribution < 1.29 is 9.53 Å². The van der Waals surface area contributed by atoms with Crippen molar-refractivity contribution in [2.45, 2.75) is 32.3 Å². The van der Waals surface area contributed by atoms with Crippen LogP contribution in [0, 0.1) is 5.41 Å². The van der Waals surface area contributed by atoms with Gasteiger partial charge in [-0.15, -0.1) is 12.4 Å². The number of nitrogens with one attached hydrogen (secondary N) is 1. The molecule has 2 heterocycles. The van der Waals surface area contributed by atoms with Gasteiger partial charge in [0.25, 0.3) is 0 Å². The largest absolute Gasteiger partial charge is 0.445 e. The molecule has 1 N–H and O–H groups in total. The Bertz CT molecular complexity index is 469. The molecule has 0 saturated carbocycles. The first-order valence-corrected chi connectivity index (χ1v) is 7.94. The number of benzene rings is 1. The third-order valence-corrected chi connectivity index (χ3v) is 4.79. The van der Waals surface area contributed by atoms with Crippen LogP contribution in [-0.2, 0) is 11.3 Å². The Morgan fingerprint density at radius 3 is 2.64 bits per heavy atom. The van der Waals surface area contributed by atoms with Crippen LogP contribution in [0.3, 0.4) is 0 Å². The van der Waals surface area contributed by atoms with Crippen LogP contribution >= 0.6 is 12.4 Å². The quantitative estimate of drug-likeness (QED) is 0.908. The molecule has 5 heteroatoms. The van der Waals surface area contributed by atoms with Gasteiger partial charge >= 0.3 is 6.09 Å². The fourth-order valence-corrected chi connectivity index (χ4v) is 3.54. The summed E-state index contributed by atoms with van der Waals surface area (Å²) in [6.07, 6.45) is 4.54. The summed E-state index contributed by atoms with van der Waals surface area (Å²) >= 11 is 0. The number of carbonyl (C=O) groups is 1. The molecule has 0 atom stereocenters. The van der Waals surface area contributed by atoms with E-state index in [0.717, 1.165) is 38.2 Å². The van der Waals surface area contributed by atoms with Crippen LogP contribution in [0.1, 0.15) is 31.2 Å². The molecule has 3 rings (SSSR count). The summed E-state index contributed by atoms with van der Waals surface area (Å²) in [5, 5.41) is 3.41. The minimum Gasteiger partial charge on any atom is -0.445 e. The molecule has 0 radical (unpaired) electrons. The molecule has 0 aromatic heterocycles. The fraction of sp³-hybridized carbons (Fsp3) is 0.588. The van der Waals surface area contributed by atoms with Gasteiger partial charge in [-0.3, -0.25) is 0 Å². The van der Waals surface area contributed by atoms with E-state index in [1.54, 1.807) is 0 Å². The van der Waals surface area contributed by atoms with E-state index in [1.165, 1.54) is 19.3 Å². The molecule has 2 saturated heterocycles. The van der Waals surface area contributed by atoms with E-state index in [9.17, 15) is 4.79 Å². The standard InChI is InChI=1S/C17H24N2O2.ClH/c20-16(21-13-15-5-2-1-3-6-15)19-12-4-7-17(14-19)8-10-18-11-9-17;/h1-3,5-6,18H,4,7-14H2;1H. The van der Waals surface area contributed by atoms with Gasteiger partial charge in [0.15, 0.2) is 0 Å². The SMILES string of the molecule is Cl.O=C(OCc1ccccc1)N1CCCC2(CCNCC2)C1. The maximum absolute atomic E-state index is 12.3. The fourth-order valence-electron chi connectivity index (χ4n) is 3.54. The van der Waals surface area contributed by atoms with Crippen LogP contribution in [0.15, 0.2) is 30.3 Å². The average Bonchev–Trinajstić information content (AvgIpc) is 2.54. The predicted molar refractivity (Wildman–Crippen MR) is 89.2 cm³/mol. The molecule has 1 amide bonds. The highest BCUT2D eigenvalue weighted by Crippen LogP contribution is 2.38. The second kappa shape index (κ2) is 7.84. The van der Waals surface area contributed by atoms with Gasteiger partial charge in [-0.25, -0.2) is 4.79 Å². The lowest BCUT2D eigenvalue weighted by molar-refractivity contribution is 0.0375. The lowest BCUT2D eigenvalue weighted by Gasteiger charge is -2.44. The van der Waals surface area contributed by atoms with Gasteiger partial charge in [0.05, 0.1) is 0 Å². The minimum absolute atomic E-state index is 0. The van der Waals surface area contributed by atoms with Crippen molar-refractivity contribution in [3.63, 3.8) is 0 Å². The summed E-state index contributed by atoms with van der Waals surface area (Å²) < 4.78 is 5.47. The Kier molecular flexibility index (Phi) is 6.09. The maximum Gasteiger partial charge on any atom is 0.410 e. The van der Waals surface area contributed by atoms with E-state index >= 15 is 0 Å². The van der Waals surface area contributed by atoms with Gasteiger partial charge in [0.2, 0.25) is 0 Å². The number of ether oxygens (including phenoxy) is 1. The Labute approximate surface area is 138 Å². The van der Waals surface area contributed by atoms with Crippen LogP contribution < -0.4 is 5.32 Å². The number of carbonyl (C=O) groups excluding carboxylic acids is 1. The lowest BCUT2D eigenvalue weighted by atomic mass is 9.73. The number of hydrogen-bond acceptors (Lipinski definition) is 3. The molecule has 0 bridgehead atoms. The predicted octanol–water partition coefficient (Wildman–Crippen LogP) is 3.21. The van der Waals surface area contributed by atoms with Crippen molar-refractivity contribution in [3.05, 3.63) is 35.9 Å². The molecule has 2 fully saturated rings. The summed E-state index contributed by atoms with van der Waals surface area (Å²) in [5.74, 6) is 0. The van der Waals surface area contributed by atoms with Crippen LogP contribution in [0.2, 0.25) is 0 Å². The monoisotopic (exact) mass is 324 g/mol. The van der Waals surface area contributed by atoms with Crippen LogP contribution in [0.25, 0.3) is 0 Å². The third kappa shape index (κ3) is 4.14. The van der Waals surface area contributed by atoms with Crippen molar-refractivity contribution in [2.24, 2.45) is 5.41 Å². The van der Waals surface area contributed by atoms with Gasteiger partial charge in [0, 0.05) is 13.1 Å². The van der Waals surface area contributed by atoms with Crippen molar-refractivity contribution in [1.29, 1.82) is 0 Å². The Morgan fingerprint density at radius 1 is 1.18 bits per heavy atom. The van der Waals surface area contributed by atoms with Crippen molar-refractivity contribution >= 4 is 18.5 Å². The smallest absolute Gasteiger partial charge is 0.410 e. The van der Waals surface area contributed by atoms with E-state index in [2.05, 4.69) is 5.32 Å². The molecule has 2 aliphatic rings. The number of piperidine rings is 2. The average molecular weight is 325 g/mol. The lowest BCUT2D eigenvalue weighted by Crippen LogP contribution is -2.50. The van der Waals surface area contributed by atoms with Crippen LogP contribution in [0.5, 0.6) is 0 Å². The number of nitrogens with zero attached hydrogens (tertiary/aromatic N) is 1. The van der Waals surface area contributed by atoms with Gasteiger partial charge in [-0.1, -0.05) is 30.3 Å².